The molecule has 2 aromatic rings. The minimum Gasteiger partial charge on any atom is -0.398 e. The molecule has 0 aliphatic carbocycles. The Balaban J connectivity index is 1.81. The fourth-order valence-corrected chi connectivity index (χ4v) is 3.05. The number of nitrogens with zero attached hydrogens (tertiary/aromatic N) is 4. The van der Waals surface area contributed by atoms with Crippen molar-refractivity contribution < 1.29 is 0 Å². The summed E-state index contributed by atoms with van der Waals surface area (Å²) in [6.45, 7) is 8.89. The average Bonchev–Trinajstić information content (AvgIpc) is 2.94. The smallest absolute Gasteiger partial charge is 0.0568 e. The summed E-state index contributed by atoms with van der Waals surface area (Å²) < 4.78 is 1.81. The summed E-state index contributed by atoms with van der Waals surface area (Å²) in [5.41, 5.74) is 10.3. The number of aryl methyl sites for hydroxylation is 1. The van der Waals surface area contributed by atoms with E-state index in [1.54, 1.807) is 0 Å². The Kier molecular flexibility index (Phi) is 4.07. The molecule has 1 saturated heterocycles. The molecule has 118 valence electrons. The van der Waals surface area contributed by atoms with Gasteiger partial charge in [0.15, 0.2) is 0 Å². The van der Waals surface area contributed by atoms with E-state index in [4.69, 9.17) is 5.73 Å². The van der Waals surface area contributed by atoms with E-state index in [1.165, 1.54) is 5.69 Å². The molecular weight excluding hydrogens is 274 g/mol. The highest BCUT2D eigenvalue weighted by Gasteiger charge is 2.19. The molecule has 0 saturated carbocycles. The van der Waals surface area contributed by atoms with Gasteiger partial charge in [0.05, 0.1) is 6.20 Å². The number of aromatic nitrogens is 2. The fraction of sp³-hybridized carbons (Fsp3) is 0.471. The number of hydrogen-bond acceptors (Lipinski definition) is 4. The normalized spacial score (nSPS) is 16.5. The maximum atomic E-state index is 6.16. The minimum atomic E-state index is 0.625. The molecule has 0 unspecified atom stereocenters. The summed E-state index contributed by atoms with van der Waals surface area (Å²) >= 11 is 0. The third kappa shape index (κ3) is 2.95. The molecule has 22 heavy (non-hydrogen) atoms. The molecule has 1 aliphatic rings. The summed E-state index contributed by atoms with van der Waals surface area (Å²) in [5.74, 6) is 0. The molecule has 0 bridgehead atoms. The lowest BCUT2D eigenvalue weighted by atomic mass is 10.1. The van der Waals surface area contributed by atoms with Gasteiger partial charge in [-0.05, 0) is 32.0 Å². The maximum absolute atomic E-state index is 6.16. The predicted octanol–water partition coefficient (Wildman–Crippen LogP) is 2.20. The highest BCUT2D eigenvalue weighted by atomic mass is 15.3. The first-order chi connectivity index (χ1) is 10.5. The molecule has 1 fully saturated rings. The monoisotopic (exact) mass is 299 g/mol. The topological polar surface area (TPSA) is 50.3 Å². The van der Waals surface area contributed by atoms with Gasteiger partial charge in [0, 0.05) is 68.0 Å². The first-order valence-electron chi connectivity index (χ1n) is 7.92. The Hall–Kier alpha value is -2.01. The second kappa shape index (κ2) is 6.01. The van der Waals surface area contributed by atoms with Gasteiger partial charge < -0.3 is 10.6 Å². The van der Waals surface area contributed by atoms with E-state index < -0.39 is 0 Å². The van der Waals surface area contributed by atoms with Crippen LogP contribution in [0.1, 0.15) is 13.8 Å². The van der Waals surface area contributed by atoms with Crippen molar-refractivity contribution in [3.63, 3.8) is 0 Å². The number of hydrogen-bond donors (Lipinski definition) is 1. The molecule has 5 heteroatoms. The molecule has 0 atom stereocenters. The van der Waals surface area contributed by atoms with Gasteiger partial charge in [0.1, 0.15) is 0 Å². The zero-order valence-electron chi connectivity index (χ0n) is 13.7. The van der Waals surface area contributed by atoms with Crippen molar-refractivity contribution in [2.45, 2.75) is 19.9 Å². The molecule has 1 aromatic heterocycles. The largest absolute Gasteiger partial charge is 0.398 e. The van der Waals surface area contributed by atoms with Crippen molar-refractivity contribution in [3.8, 4) is 11.1 Å². The van der Waals surface area contributed by atoms with Gasteiger partial charge in [-0.1, -0.05) is 0 Å². The number of nitrogens with two attached hydrogens (primary N) is 1. The third-order valence-electron chi connectivity index (χ3n) is 4.46. The molecule has 1 aliphatic heterocycles. The van der Waals surface area contributed by atoms with Crippen molar-refractivity contribution in [1.82, 2.24) is 14.7 Å². The summed E-state index contributed by atoms with van der Waals surface area (Å²) in [4.78, 5) is 4.97. The van der Waals surface area contributed by atoms with E-state index in [0.29, 0.717) is 6.04 Å². The van der Waals surface area contributed by atoms with Crippen molar-refractivity contribution in [2.24, 2.45) is 7.05 Å². The number of piperazine rings is 1. The van der Waals surface area contributed by atoms with E-state index in [2.05, 4.69) is 40.9 Å². The fourth-order valence-electron chi connectivity index (χ4n) is 3.05. The Morgan fingerprint density at radius 1 is 1.14 bits per heavy atom. The quantitative estimate of drug-likeness (QED) is 0.883. The van der Waals surface area contributed by atoms with Crippen LogP contribution in [0.15, 0.2) is 30.6 Å². The van der Waals surface area contributed by atoms with Crippen molar-refractivity contribution in [3.05, 3.63) is 30.6 Å². The summed E-state index contributed by atoms with van der Waals surface area (Å²) in [6, 6.07) is 6.95. The molecule has 2 N–H and O–H groups in total. The van der Waals surface area contributed by atoms with Crippen molar-refractivity contribution in [1.29, 1.82) is 0 Å². The molecule has 1 aromatic carbocycles. The first-order valence-corrected chi connectivity index (χ1v) is 7.92. The van der Waals surface area contributed by atoms with Gasteiger partial charge in [-0.3, -0.25) is 9.58 Å². The lowest BCUT2D eigenvalue weighted by Crippen LogP contribution is -2.48. The van der Waals surface area contributed by atoms with Crippen LogP contribution in [0.4, 0.5) is 11.4 Å². The summed E-state index contributed by atoms with van der Waals surface area (Å²) in [6.07, 6.45) is 3.87. The van der Waals surface area contributed by atoms with Gasteiger partial charge in [-0.15, -0.1) is 0 Å². The zero-order chi connectivity index (χ0) is 15.7. The standard InChI is InChI=1S/C17H25N5/c1-13(2)21-6-8-22(9-7-21)15-4-5-17(18)16(10-15)14-11-19-20(3)12-14/h4-5,10-13H,6-9,18H2,1-3H3. The third-order valence-corrected chi connectivity index (χ3v) is 4.46. The molecule has 0 spiro atoms. The second-order valence-corrected chi connectivity index (χ2v) is 6.29. The SMILES string of the molecule is CC(C)N1CCN(c2ccc(N)c(-c3cnn(C)c3)c2)CC1. The molecular formula is C17H25N5. The van der Waals surface area contributed by atoms with Gasteiger partial charge in [-0.25, -0.2) is 0 Å². The van der Waals surface area contributed by atoms with Crippen LogP contribution in [0.2, 0.25) is 0 Å². The summed E-state index contributed by atoms with van der Waals surface area (Å²) in [7, 11) is 1.93. The van der Waals surface area contributed by atoms with Crippen LogP contribution < -0.4 is 10.6 Å². The Labute approximate surface area is 132 Å². The Morgan fingerprint density at radius 3 is 2.45 bits per heavy atom. The number of anilines is 2. The van der Waals surface area contributed by atoms with Crippen LogP contribution >= 0.6 is 0 Å². The van der Waals surface area contributed by atoms with Crippen LogP contribution in [-0.2, 0) is 7.05 Å². The van der Waals surface area contributed by atoms with Gasteiger partial charge in [-0.2, -0.15) is 5.10 Å². The van der Waals surface area contributed by atoms with E-state index in [9.17, 15) is 0 Å². The van der Waals surface area contributed by atoms with E-state index in [1.807, 2.05) is 30.2 Å². The van der Waals surface area contributed by atoms with E-state index >= 15 is 0 Å². The number of benzene rings is 1. The number of nitrogen functional groups attached to an aromatic ring is 1. The Morgan fingerprint density at radius 2 is 1.86 bits per heavy atom. The predicted molar refractivity (Wildman–Crippen MR) is 92.0 cm³/mol. The highest BCUT2D eigenvalue weighted by molar-refractivity contribution is 5.79. The van der Waals surface area contributed by atoms with Crippen LogP contribution in [0, 0.1) is 0 Å². The lowest BCUT2D eigenvalue weighted by Gasteiger charge is -2.38. The van der Waals surface area contributed by atoms with Gasteiger partial charge in [0.25, 0.3) is 0 Å². The van der Waals surface area contributed by atoms with Crippen molar-refractivity contribution in [2.75, 3.05) is 36.8 Å². The van der Waals surface area contributed by atoms with Crippen LogP contribution in [-0.4, -0.2) is 46.9 Å². The van der Waals surface area contributed by atoms with Gasteiger partial charge in [0.2, 0.25) is 0 Å². The van der Waals surface area contributed by atoms with E-state index in [-0.39, 0.29) is 0 Å². The first kappa shape index (κ1) is 14.9. The zero-order valence-corrected chi connectivity index (χ0v) is 13.7. The second-order valence-electron chi connectivity index (χ2n) is 6.29. The van der Waals surface area contributed by atoms with Gasteiger partial charge >= 0.3 is 0 Å². The Bertz CT molecular complexity index is 638. The summed E-state index contributed by atoms with van der Waals surface area (Å²) in [5, 5.41) is 4.25. The molecule has 3 rings (SSSR count). The molecule has 2 heterocycles. The minimum absolute atomic E-state index is 0.625. The van der Waals surface area contributed by atoms with Crippen molar-refractivity contribution >= 4 is 11.4 Å². The molecule has 0 radical (unpaired) electrons. The highest BCUT2D eigenvalue weighted by Crippen LogP contribution is 2.30. The van der Waals surface area contributed by atoms with Crippen LogP contribution in [0.25, 0.3) is 11.1 Å². The van der Waals surface area contributed by atoms with Crippen LogP contribution in [0.5, 0.6) is 0 Å². The van der Waals surface area contributed by atoms with Crippen LogP contribution in [0.3, 0.4) is 0 Å². The molecule has 5 nitrogen and oxygen atoms in total. The lowest BCUT2D eigenvalue weighted by molar-refractivity contribution is 0.209. The maximum Gasteiger partial charge on any atom is 0.0568 e. The average molecular weight is 299 g/mol. The van der Waals surface area contributed by atoms with E-state index in [0.717, 1.165) is 43.0 Å². The molecule has 0 amide bonds. The number of rotatable bonds is 3.